The first-order valence-electron chi connectivity index (χ1n) is 4.41. The topological polar surface area (TPSA) is 18.5 Å². The second kappa shape index (κ2) is 4.42. The van der Waals surface area contributed by atoms with Gasteiger partial charge in [-0.25, -0.2) is 0 Å². The lowest BCUT2D eigenvalue weighted by molar-refractivity contribution is -0.873. The van der Waals surface area contributed by atoms with Gasteiger partial charge in [0, 0.05) is 0 Å². The molecule has 1 saturated heterocycles. The summed E-state index contributed by atoms with van der Waals surface area (Å²) in [7, 11) is 6.48. The molecular weight excluding hydrogens is 281 g/mol. The van der Waals surface area contributed by atoms with Crippen LogP contribution in [0, 0.1) is 0 Å². The highest BCUT2D eigenvalue weighted by atomic mass is 127. The third-order valence-corrected chi connectivity index (χ3v) is 1.82. The first-order chi connectivity index (χ1) is 5.29. The van der Waals surface area contributed by atoms with E-state index in [-0.39, 0.29) is 35.9 Å². The van der Waals surface area contributed by atoms with E-state index in [2.05, 4.69) is 21.1 Å². The summed E-state index contributed by atoms with van der Waals surface area (Å²) in [6, 6.07) is 0. The fourth-order valence-corrected chi connectivity index (χ4v) is 1.46. The molecule has 80 valence electrons. The third kappa shape index (κ3) is 5.15. The standard InChI is InChI=1S/C9H20NO2.HI/c1-9(2)11-7-8(12-9)6-10(3,4)5;/h8H,6-7H2,1-5H3;1H/q+1;/p-1. The van der Waals surface area contributed by atoms with Crippen LogP contribution in [0.5, 0.6) is 0 Å². The highest BCUT2D eigenvalue weighted by Gasteiger charge is 2.35. The van der Waals surface area contributed by atoms with Crippen molar-refractivity contribution in [3.63, 3.8) is 0 Å². The monoisotopic (exact) mass is 301 g/mol. The fraction of sp³-hybridized carbons (Fsp3) is 1.00. The zero-order valence-electron chi connectivity index (χ0n) is 9.13. The van der Waals surface area contributed by atoms with Crippen molar-refractivity contribution in [2.24, 2.45) is 0 Å². The lowest BCUT2D eigenvalue weighted by Gasteiger charge is -2.27. The van der Waals surface area contributed by atoms with Crippen molar-refractivity contribution in [3.05, 3.63) is 0 Å². The van der Waals surface area contributed by atoms with E-state index in [1.807, 2.05) is 13.8 Å². The number of likely N-dealkylation sites (N-methyl/N-ethyl adjacent to an activating group) is 1. The maximum Gasteiger partial charge on any atom is 0.163 e. The lowest BCUT2D eigenvalue weighted by Crippen LogP contribution is -3.00. The molecule has 1 atom stereocenters. The summed E-state index contributed by atoms with van der Waals surface area (Å²) in [5.74, 6) is -0.375. The molecular formula is C9H20INO2. The highest BCUT2D eigenvalue weighted by molar-refractivity contribution is 4.69. The van der Waals surface area contributed by atoms with E-state index in [0.717, 1.165) is 17.6 Å². The minimum atomic E-state index is -0.375. The average Bonchev–Trinajstić information content (AvgIpc) is 2.05. The zero-order chi connectivity index (χ0) is 9.41. The Morgan fingerprint density at radius 3 is 2.15 bits per heavy atom. The number of hydrogen-bond donors (Lipinski definition) is 0. The fourth-order valence-electron chi connectivity index (χ4n) is 1.46. The molecule has 0 bridgehead atoms. The maximum absolute atomic E-state index is 5.69. The molecule has 1 unspecified atom stereocenters. The van der Waals surface area contributed by atoms with Crippen molar-refractivity contribution in [1.82, 2.24) is 0 Å². The first kappa shape index (κ1) is 13.6. The van der Waals surface area contributed by atoms with E-state index in [0.29, 0.717) is 0 Å². The van der Waals surface area contributed by atoms with Crippen LogP contribution in [0.2, 0.25) is 0 Å². The van der Waals surface area contributed by atoms with Gasteiger partial charge in [-0.1, -0.05) is 0 Å². The second-order valence-corrected chi connectivity index (χ2v) is 4.92. The Balaban J connectivity index is 0.00000144. The summed E-state index contributed by atoms with van der Waals surface area (Å²) in [4.78, 5) is 0. The molecule has 0 aliphatic carbocycles. The molecule has 0 radical (unpaired) electrons. The Kier molecular flexibility index (Phi) is 4.63. The molecule has 0 spiro atoms. The van der Waals surface area contributed by atoms with Crippen molar-refractivity contribution >= 4 is 0 Å². The van der Waals surface area contributed by atoms with Gasteiger partial charge in [0.15, 0.2) is 5.79 Å². The molecule has 1 aliphatic heterocycles. The van der Waals surface area contributed by atoms with Gasteiger partial charge in [0.25, 0.3) is 0 Å². The van der Waals surface area contributed by atoms with Crippen LogP contribution < -0.4 is 24.0 Å². The van der Waals surface area contributed by atoms with Gasteiger partial charge in [-0.15, -0.1) is 0 Å². The van der Waals surface area contributed by atoms with Gasteiger partial charge in [0.1, 0.15) is 12.6 Å². The smallest absolute Gasteiger partial charge is 0.163 e. The van der Waals surface area contributed by atoms with Crippen molar-refractivity contribution in [2.75, 3.05) is 34.3 Å². The number of rotatable bonds is 2. The van der Waals surface area contributed by atoms with Crippen molar-refractivity contribution in [2.45, 2.75) is 25.7 Å². The minimum absolute atomic E-state index is 0. The van der Waals surface area contributed by atoms with E-state index in [4.69, 9.17) is 9.47 Å². The van der Waals surface area contributed by atoms with Crippen LogP contribution in [0.1, 0.15) is 13.8 Å². The van der Waals surface area contributed by atoms with E-state index in [1.54, 1.807) is 0 Å². The van der Waals surface area contributed by atoms with Crippen LogP contribution in [0.25, 0.3) is 0 Å². The molecule has 0 aromatic carbocycles. The summed E-state index contributed by atoms with van der Waals surface area (Å²) < 4.78 is 12.1. The predicted octanol–water partition coefficient (Wildman–Crippen LogP) is -2.15. The third-order valence-electron chi connectivity index (χ3n) is 1.82. The SMILES string of the molecule is CC1(C)OCC(C[N+](C)(C)C)O1.[I-]. The number of hydrogen-bond acceptors (Lipinski definition) is 2. The summed E-state index contributed by atoms with van der Waals surface area (Å²) >= 11 is 0. The van der Waals surface area contributed by atoms with E-state index in [1.165, 1.54) is 0 Å². The van der Waals surface area contributed by atoms with E-state index in [9.17, 15) is 0 Å². The van der Waals surface area contributed by atoms with Gasteiger partial charge in [0.2, 0.25) is 0 Å². The normalized spacial score (nSPS) is 27.0. The van der Waals surface area contributed by atoms with Crippen LogP contribution in [0.3, 0.4) is 0 Å². The van der Waals surface area contributed by atoms with Crippen LogP contribution in [-0.4, -0.2) is 50.7 Å². The molecule has 0 saturated carbocycles. The molecule has 1 aliphatic rings. The number of ether oxygens (including phenoxy) is 2. The summed E-state index contributed by atoms with van der Waals surface area (Å²) in [5.41, 5.74) is 0. The van der Waals surface area contributed by atoms with Crippen LogP contribution >= 0.6 is 0 Å². The molecule has 4 heteroatoms. The molecule has 0 aromatic rings. The van der Waals surface area contributed by atoms with Gasteiger partial charge >= 0.3 is 0 Å². The molecule has 13 heavy (non-hydrogen) atoms. The largest absolute Gasteiger partial charge is 1.00 e. The Hall–Kier alpha value is 0.610. The minimum Gasteiger partial charge on any atom is -1.00 e. The predicted molar refractivity (Wildman–Crippen MR) is 47.8 cm³/mol. The van der Waals surface area contributed by atoms with Gasteiger partial charge in [-0.2, -0.15) is 0 Å². The first-order valence-corrected chi connectivity index (χ1v) is 4.41. The quantitative estimate of drug-likeness (QED) is 0.428. The van der Waals surface area contributed by atoms with Crippen molar-refractivity contribution < 1.29 is 37.9 Å². The zero-order valence-corrected chi connectivity index (χ0v) is 11.3. The molecule has 0 amide bonds. The molecule has 3 nitrogen and oxygen atoms in total. The summed E-state index contributed by atoms with van der Waals surface area (Å²) in [6.45, 7) is 5.65. The molecule has 1 rings (SSSR count). The van der Waals surface area contributed by atoms with Crippen molar-refractivity contribution in [3.8, 4) is 0 Å². The Morgan fingerprint density at radius 1 is 1.31 bits per heavy atom. The van der Waals surface area contributed by atoms with E-state index >= 15 is 0 Å². The summed E-state index contributed by atoms with van der Waals surface area (Å²) in [5, 5.41) is 0. The molecule has 0 aromatic heterocycles. The van der Waals surface area contributed by atoms with Crippen LogP contribution in [0.4, 0.5) is 0 Å². The van der Waals surface area contributed by atoms with Crippen molar-refractivity contribution in [1.29, 1.82) is 0 Å². The molecule has 1 fully saturated rings. The number of halogens is 1. The Labute approximate surface area is 98.0 Å². The number of nitrogens with zero attached hydrogens (tertiary/aromatic N) is 1. The maximum atomic E-state index is 5.69. The molecule has 1 heterocycles. The average molecular weight is 301 g/mol. The van der Waals surface area contributed by atoms with E-state index < -0.39 is 0 Å². The van der Waals surface area contributed by atoms with Crippen LogP contribution in [-0.2, 0) is 9.47 Å². The Bertz CT molecular complexity index is 165. The highest BCUT2D eigenvalue weighted by Crippen LogP contribution is 2.23. The number of quaternary nitrogens is 1. The van der Waals surface area contributed by atoms with Gasteiger partial charge in [0.05, 0.1) is 27.7 Å². The van der Waals surface area contributed by atoms with Crippen LogP contribution in [0.15, 0.2) is 0 Å². The molecule has 0 N–H and O–H groups in total. The van der Waals surface area contributed by atoms with Gasteiger partial charge in [-0.05, 0) is 13.8 Å². The second-order valence-electron chi connectivity index (χ2n) is 4.92. The van der Waals surface area contributed by atoms with Gasteiger partial charge in [-0.3, -0.25) is 0 Å². The van der Waals surface area contributed by atoms with Gasteiger partial charge < -0.3 is 37.9 Å². The lowest BCUT2D eigenvalue weighted by atomic mass is 10.3. The Morgan fingerprint density at radius 2 is 1.85 bits per heavy atom. The summed E-state index contributed by atoms with van der Waals surface area (Å²) in [6.07, 6.45) is 0.250.